The molecular weight excluding hydrogens is 200 g/mol. The number of ether oxygens (including phenoxy) is 1. The van der Waals surface area contributed by atoms with Crippen molar-refractivity contribution in [2.75, 3.05) is 32.7 Å². The molecule has 0 aromatic carbocycles. The summed E-state index contributed by atoms with van der Waals surface area (Å²) in [5.74, 6) is 0.956. The van der Waals surface area contributed by atoms with Crippen molar-refractivity contribution in [3.05, 3.63) is 0 Å². The number of hydrogen-bond donors (Lipinski definition) is 1. The van der Waals surface area contributed by atoms with Gasteiger partial charge in [-0.05, 0) is 57.7 Å². The van der Waals surface area contributed by atoms with E-state index in [1.54, 1.807) is 0 Å². The van der Waals surface area contributed by atoms with Gasteiger partial charge in [0, 0.05) is 13.1 Å². The summed E-state index contributed by atoms with van der Waals surface area (Å²) in [7, 11) is 0. The lowest BCUT2D eigenvalue weighted by Gasteiger charge is -2.32. The Bertz CT molecular complexity index is 216. The number of nitrogens with zero attached hydrogens (tertiary/aromatic N) is 1. The van der Waals surface area contributed by atoms with Crippen molar-refractivity contribution in [2.24, 2.45) is 5.92 Å². The molecule has 3 aliphatic rings. The summed E-state index contributed by atoms with van der Waals surface area (Å²) in [5.41, 5.74) is 0. The van der Waals surface area contributed by atoms with Crippen molar-refractivity contribution >= 4 is 0 Å². The minimum absolute atomic E-state index is 0.562. The fourth-order valence-corrected chi connectivity index (χ4v) is 3.45. The maximum absolute atomic E-state index is 5.86. The Morgan fingerprint density at radius 1 is 1.12 bits per heavy atom. The highest BCUT2D eigenvalue weighted by atomic mass is 16.5. The molecular formula is C13H24N2O. The first-order valence-electron chi connectivity index (χ1n) is 6.98. The largest absolute Gasteiger partial charge is 0.372 e. The predicted molar refractivity (Wildman–Crippen MR) is 64.5 cm³/mol. The van der Waals surface area contributed by atoms with E-state index in [-0.39, 0.29) is 0 Å². The van der Waals surface area contributed by atoms with Crippen molar-refractivity contribution in [3.63, 3.8) is 0 Å². The average Bonchev–Trinajstić information content (AvgIpc) is 2.89. The summed E-state index contributed by atoms with van der Waals surface area (Å²) < 4.78 is 5.86. The molecule has 0 radical (unpaired) electrons. The Labute approximate surface area is 98.5 Å². The van der Waals surface area contributed by atoms with E-state index >= 15 is 0 Å². The van der Waals surface area contributed by atoms with E-state index < -0.39 is 0 Å². The zero-order valence-electron chi connectivity index (χ0n) is 10.2. The molecule has 3 rings (SSSR count). The second-order valence-electron chi connectivity index (χ2n) is 5.72. The van der Waals surface area contributed by atoms with Crippen LogP contribution in [0.25, 0.3) is 0 Å². The van der Waals surface area contributed by atoms with Crippen molar-refractivity contribution in [2.45, 2.75) is 44.3 Å². The summed E-state index contributed by atoms with van der Waals surface area (Å²) in [5, 5.41) is 3.45. The molecule has 0 aliphatic carbocycles. The van der Waals surface area contributed by atoms with Gasteiger partial charge in [0.2, 0.25) is 0 Å². The van der Waals surface area contributed by atoms with Crippen molar-refractivity contribution < 1.29 is 4.74 Å². The van der Waals surface area contributed by atoms with Gasteiger partial charge in [0.25, 0.3) is 0 Å². The highest BCUT2D eigenvalue weighted by Crippen LogP contribution is 2.26. The summed E-state index contributed by atoms with van der Waals surface area (Å²) in [6.45, 7) is 6.19. The molecule has 3 nitrogen and oxygen atoms in total. The fraction of sp³-hybridized carbons (Fsp3) is 1.00. The van der Waals surface area contributed by atoms with Gasteiger partial charge >= 0.3 is 0 Å². The highest BCUT2D eigenvalue weighted by molar-refractivity contribution is 4.84. The van der Waals surface area contributed by atoms with Gasteiger partial charge in [-0.1, -0.05) is 0 Å². The van der Waals surface area contributed by atoms with Crippen LogP contribution in [0.3, 0.4) is 0 Å². The van der Waals surface area contributed by atoms with Gasteiger partial charge in [0.1, 0.15) is 0 Å². The number of morpholine rings is 1. The first kappa shape index (κ1) is 11.0. The van der Waals surface area contributed by atoms with Gasteiger partial charge in [0.15, 0.2) is 0 Å². The lowest BCUT2D eigenvalue weighted by molar-refractivity contribution is -0.0387. The second-order valence-corrected chi connectivity index (χ2v) is 5.72. The monoisotopic (exact) mass is 224 g/mol. The second kappa shape index (κ2) is 5.03. The third kappa shape index (κ3) is 2.58. The van der Waals surface area contributed by atoms with Gasteiger partial charge in [-0.3, -0.25) is 4.90 Å². The highest BCUT2D eigenvalue weighted by Gasteiger charge is 2.33. The van der Waals surface area contributed by atoms with E-state index in [1.165, 1.54) is 64.8 Å². The van der Waals surface area contributed by atoms with Gasteiger partial charge < -0.3 is 10.1 Å². The third-order valence-corrected chi connectivity index (χ3v) is 4.37. The first-order valence-corrected chi connectivity index (χ1v) is 6.98. The van der Waals surface area contributed by atoms with Crippen LogP contribution in [-0.4, -0.2) is 49.8 Å². The molecule has 16 heavy (non-hydrogen) atoms. The molecule has 3 atom stereocenters. The summed E-state index contributed by atoms with van der Waals surface area (Å²) in [4.78, 5) is 2.63. The summed E-state index contributed by atoms with van der Waals surface area (Å²) in [6.07, 6.45) is 7.92. The minimum Gasteiger partial charge on any atom is -0.372 e. The first-order chi connectivity index (χ1) is 7.90. The third-order valence-electron chi connectivity index (χ3n) is 4.37. The van der Waals surface area contributed by atoms with E-state index in [0.29, 0.717) is 12.2 Å². The van der Waals surface area contributed by atoms with Crippen LogP contribution in [0.2, 0.25) is 0 Å². The Balaban J connectivity index is 1.35. The lowest BCUT2D eigenvalue weighted by atomic mass is 10.0. The molecule has 0 aromatic heterocycles. The Hall–Kier alpha value is -0.120. The Kier molecular flexibility index (Phi) is 3.46. The zero-order chi connectivity index (χ0) is 10.8. The van der Waals surface area contributed by atoms with Gasteiger partial charge in [-0.25, -0.2) is 0 Å². The zero-order valence-corrected chi connectivity index (χ0v) is 10.2. The molecule has 3 heteroatoms. The van der Waals surface area contributed by atoms with E-state index in [0.717, 1.165) is 5.92 Å². The Morgan fingerprint density at radius 3 is 2.62 bits per heavy atom. The number of rotatable bonds is 4. The molecule has 3 fully saturated rings. The van der Waals surface area contributed by atoms with Crippen LogP contribution in [0.4, 0.5) is 0 Å². The molecule has 1 N–H and O–H groups in total. The molecule has 3 unspecified atom stereocenters. The summed E-state index contributed by atoms with van der Waals surface area (Å²) in [6, 6.07) is 0. The van der Waals surface area contributed by atoms with Crippen LogP contribution in [-0.2, 0) is 4.74 Å². The average molecular weight is 224 g/mol. The summed E-state index contributed by atoms with van der Waals surface area (Å²) >= 11 is 0. The molecule has 0 amide bonds. The van der Waals surface area contributed by atoms with E-state index in [4.69, 9.17) is 4.74 Å². The molecule has 3 heterocycles. The van der Waals surface area contributed by atoms with Crippen molar-refractivity contribution in [1.29, 1.82) is 0 Å². The van der Waals surface area contributed by atoms with Gasteiger partial charge in [-0.2, -0.15) is 0 Å². The van der Waals surface area contributed by atoms with E-state index in [9.17, 15) is 0 Å². The van der Waals surface area contributed by atoms with Crippen LogP contribution in [0.15, 0.2) is 0 Å². The SMILES string of the molecule is C(CC1CCNC1)CN1CC2CCC(C1)O2. The van der Waals surface area contributed by atoms with Crippen molar-refractivity contribution in [1.82, 2.24) is 10.2 Å². The van der Waals surface area contributed by atoms with E-state index in [2.05, 4.69) is 10.2 Å². The number of hydrogen-bond acceptors (Lipinski definition) is 3. The topological polar surface area (TPSA) is 24.5 Å². The number of fused-ring (bicyclic) bond motifs is 2. The molecule has 3 saturated heterocycles. The maximum atomic E-state index is 5.86. The number of nitrogens with one attached hydrogen (secondary N) is 1. The van der Waals surface area contributed by atoms with Crippen LogP contribution < -0.4 is 5.32 Å². The van der Waals surface area contributed by atoms with Crippen LogP contribution in [0.5, 0.6) is 0 Å². The smallest absolute Gasteiger partial charge is 0.0707 e. The predicted octanol–water partition coefficient (Wildman–Crippen LogP) is 1.24. The van der Waals surface area contributed by atoms with Gasteiger partial charge in [0.05, 0.1) is 12.2 Å². The standard InChI is InChI=1S/C13H24N2O/c1(2-11-5-6-14-8-11)7-15-9-12-3-4-13(10-15)16-12/h11-14H,1-10H2. The molecule has 3 aliphatic heterocycles. The van der Waals surface area contributed by atoms with Crippen LogP contribution >= 0.6 is 0 Å². The fourth-order valence-electron chi connectivity index (χ4n) is 3.45. The van der Waals surface area contributed by atoms with Gasteiger partial charge in [-0.15, -0.1) is 0 Å². The molecule has 0 spiro atoms. The van der Waals surface area contributed by atoms with Crippen molar-refractivity contribution in [3.8, 4) is 0 Å². The number of likely N-dealkylation sites (tertiary alicyclic amines) is 1. The van der Waals surface area contributed by atoms with Crippen LogP contribution in [0, 0.1) is 5.92 Å². The molecule has 0 aromatic rings. The Morgan fingerprint density at radius 2 is 1.94 bits per heavy atom. The normalized spacial score (nSPS) is 39.4. The molecule has 92 valence electrons. The van der Waals surface area contributed by atoms with E-state index in [1.807, 2.05) is 0 Å². The quantitative estimate of drug-likeness (QED) is 0.777. The lowest BCUT2D eigenvalue weighted by Crippen LogP contribution is -2.42. The maximum Gasteiger partial charge on any atom is 0.0707 e. The van der Waals surface area contributed by atoms with Crippen LogP contribution in [0.1, 0.15) is 32.1 Å². The molecule has 2 bridgehead atoms. The molecule has 0 saturated carbocycles. The minimum atomic E-state index is 0.562.